The quantitative estimate of drug-likeness (QED) is 0.839. The number of carbonyl (C=O) groups excluding carboxylic acids is 2. The molecule has 3 heterocycles. The van der Waals surface area contributed by atoms with Crippen molar-refractivity contribution in [3.63, 3.8) is 0 Å². The molecule has 6 nitrogen and oxygen atoms in total. The average Bonchev–Trinajstić information content (AvgIpc) is 3.42. The predicted octanol–water partition coefficient (Wildman–Crippen LogP) is 3.05. The molecule has 7 heteroatoms. The molecular weight excluding hydrogens is 384 g/mol. The summed E-state index contributed by atoms with van der Waals surface area (Å²) >= 11 is 1.42. The molecule has 1 atom stereocenters. The minimum atomic E-state index is -0.402. The lowest BCUT2D eigenvalue weighted by Crippen LogP contribution is -2.44. The van der Waals surface area contributed by atoms with Gasteiger partial charge in [-0.25, -0.2) is 0 Å². The molecule has 29 heavy (non-hydrogen) atoms. The van der Waals surface area contributed by atoms with Crippen LogP contribution in [0.25, 0.3) is 0 Å². The van der Waals surface area contributed by atoms with E-state index in [-0.39, 0.29) is 11.8 Å². The van der Waals surface area contributed by atoms with E-state index in [9.17, 15) is 9.59 Å². The minimum Gasteiger partial charge on any atom is -0.369 e. The summed E-state index contributed by atoms with van der Waals surface area (Å²) in [6.45, 7) is 6.82. The Balaban J connectivity index is 1.43. The topological polar surface area (TPSA) is 55.9 Å². The Kier molecular flexibility index (Phi) is 5.87. The first-order chi connectivity index (χ1) is 14.0. The first-order valence-electron chi connectivity index (χ1n) is 10.2. The van der Waals surface area contributed by atoms with Gasteiger partial charge in [-0.3, -0.25) is 9.59 Å². The van der Waals surface area contributed by atoms with Crippen LogP contribution in [0.3, 0.4) is 0 Å². The Morgan fingerprint density at radius 1 is 1.10 bits per heavy atom. The summed E-state index contributed by atoms with van der Waals surface area (Å²) in [6, 6.07) is 9.50. The van der Waals surface area contributed by atoms with Gasteiger partial charge >= 0.3 is 0 Å². The van der Waals surface area contributed by atoms with E-state index in [4.69, 9.17) is 0 Å². The number of nitrogens with zero attached hydrogens (tertiary/aromatic N) is 3. The van der Waals surface area contributed by atoms with Crippen LogP contribution < -0.4 is 10.2 Å². The molecule has 1 aromatic carbocycles. The maximum Gasteiger partial charge on any atom is 0.264 e. The van der Waals surface area contributed by atoms with Gasteiger partial charge in [0.15, 0.2) is 0 Å². The van der Waals surface area contributed by atoms with E-state index in [1.807, 2.05) is 30.5 Å². The zero-order chi connectivity index (χ0) is 20.4. The zero-order valence-corrected chi connectivity index (χ0v) is 17.9. The average molecular weight is 413 g/mol. The SMILES string of the molecule is Cc1cc(N2CCN(C)CC2)ccc1NC(=O)C1CCCN1C(=O)c1cccs1. The van der Waals surface area contributed by atoms with Gasteiger partial charge < -0.3 is 20.0 Å². The van der Waals surface area contributed by atoms with Gasteiger partial charge in [0.1, 0.15) is 6.04 Å². The Bertz CT molecular complexity index is 875. The normalized spacial score (nSPS) is 20.1. The molecule has 0 radical (unpaired) electrons. The number of benzene rings is 1. The first kappa shape index (κ1) is 19.9. The summed E-state index contributed by atoms with van der Waals surface area (Å²) in [5, 5.41) is 4.96. The number of hydrogen-bond acceptors (Lipinski definition) is 5. The number of rotatable bonds is 4. The molecule has 2 fully saturated rings. The van der Waals surface area contributed by atoms with Gasteiger partial charge in [-0.1, -0.05) is 6.07 Å². The van der Waals surface area contributed by atoms with Crippen LogP contribution in [0.15, 0.2) is 35.7 Å². The van der Waals surface area contributed by atoms with Gasteiger partial charge in [-0.05, 0) is 62.0 Å². The van der Waals surface area contributed by atoms with E-state index >= 15 is 0 Å². The van der Waals surface area contributed by atoms with Crippen LogP contribution >= 0.6 is 11.3 Å². The van der Waals surface area contributed by atoms with E-state index in [0.29, 0.717) is 17.8 Å². The van der Waals surface area contributed by atoms with Crippen molar-refractivity contribution in [3.8, 4) is 0 Å². The summed E-state index contributed by atoms with van der Waals surface area (Å²) in [7, 11) is 2.15. The van der Waals surface area contributed by atoms with Gasteiger partial charge in [0.2, 0.25) is 5.91 Å². The highest BCUT2D eigenvalue weighted by atomic mass is 32.1. The number of amides is 2. The fourth-order valence-electron chi connectivity index (χ4n) is 4.09. The molecule has 2 saturated heterocycles. The third-order valence-electron chi connectivity index (χ3n) is 5.88. The highest BCUT2D eigenvalue weighted by Gasteiger charge is 2.35. The Labute approximate surface area is 176 Å². The van der Waals surface area contributed by atoms with Crippen molar-refractivity contribution in [3.05, 3.63) is 46.2 Å². The lowest BCUT2D eigenvalue weighted by molar-refractivity contribution is -0.119. The number of piperazine rings is 1. The van der Waals surface area contributed by atoms with Gasteiger partial charge in [0.25, 0.3) is 5.91 Å². The number of thiophene rings is 1. The fourth-order valence-corrected chi connectivity index (χ4v) is 4.77. The summed E-state index contributed by atoms with van der Waals surface area (Å²) in [5.74, 6) is -0.136. The van der Waals surface area contributed by atoms with Crippen molar-refractivity contribution in [2.75, 3.05) is 50.0 Å². The van der Waals surface area contributed by atoms with Crippen molar-refractivity contribution in [2.45, 2.75) is 25.8 Å². The third-order valence-corrected chi connectivity index (χ3v) is 6.74. The van der Waals surface area contributed by atoms with Crippen LogP contribution in [0, 0.1) is 6.92 Å². The molecule has 2 amide bonds. The maximum absolute atomic E-state index is 13.0. The van der Waals surface area contributed by atoms with Gasteiger partial charge in [0, 0.05) is 44.1 Å². The summed E-state index contributed by atoms with van der Waals surface area (Å²) in [6.07, 6.45) is 1.57. The van der Waals surface area contributed by atoms with Crippen LogP contribution in [0.1, 0.15) is 28.1 Å². The Hall–Kier alpha value is -2.38. The largest absolute Gasteiger partial charge is 0.369 e. The van der Waals surface area contributed by atoms with Crippen LogP contribution in [0.4, 0.5) is 11.4 Å². The van der Waals surface area contributed by atoms with Gasteiger partial charge in [-0.15, -0.1) is 11.3 Å². The number of carbonyl (C=O) groups is 2. The number of aryl methyl sites for hydroxylation is 1. The predicted molar refractivity (Wildman–Crippen MR) is 118 cm³/mol. The highest BCUT2D eigenvalue weighted by molar-refractivity contribution is 7.12. The zero-order valence-electron chi connectivity index (χ0n) is 17.1. The van der Waals surface area contributed by atoms with Crippen LogP contribution in [0.5, 0.6) is 0 Å². The van der Waals surface area contributed by atoms with Crippen LogP contribution in [-0.4, -0.2) is 67.4 Å². The molecule has 0 aliphatic carbocycles. The molecule has 154 valence electrons. The van der Waals surface area contributed by atoms with E-state index in [2.05, 4.69) is 34.3 Å². The van der Waals surface area contributed by atoms with Crippen molar-refractivity contribution in [1.82, 2.24) is 9.80 Å². The molecule has 1 N–H and O–H groups in total. The number of anilines is 2. The smallest absolute Gasteiger partial charge is 0.264 e. The van der Waals surface area contributed by atoms with E-state index in [1.54, 1.807) is 4.90 Å². The molecule has 0 spiro atoms. The van der Waals surface area contributed by atoms with E-state index in [0.717, 1.165) is 43.9 Å². The van der Waals surface area contributed by atoms with Crippen LogP contribution in [-0.2, 0) is 4.79 Å². The highest BCUT2D eigenvalue weighted by Crippen LogP contribution is 2.26. The van der Waals surface area contributed by atoms with Crippen LogP contribution in [0.2, 0.25) is 0 Å². The number of hydrogen-bond donors (Lipinski definition) is 1. The molecule has 4 rings (SSSR count). The van der Waals surface area contributed by atoms with Gasteiger partial charge in [0.05, 0.1) is 4.88 Å². The van der Waals surface area contributed by atoms with Crippen molar-refractivity contribution in [1.29, 1.82) is 0 Å². The Morgan fingerprint density at radius 2 is 1.90 bits per heavy atom. The summed E-state index contributed by atoms with van der Waals surface area (Å²) < 4.78 is 0. The summed E-state index contributed by atoms with van der Waals surface area (Å²) in [4.78, 5) is 32.8. The Morgan fingerprint density at radius 3 is 2.59 bits per heavy atom. The summed E-state index contributed by atoms with van der Waals surface area (Å²) in [5.41, 5.74) is 3.07. The molecule has 2 aliphatic heterocycles. The fraction of sp³-hybridized carbons (Fsp3) is 0.455. The monoisotopic (exact) mass is 412 g/mol. The van der Waals surface area contributed by atoms with Gasteiger partial charge in [-0.2, -0.15) is 0 Å². The third kappa shape index (κ3) is 4.31. The molecule has 1 unspecified atom stereocenters. The number of likely N-dealkylation sites (tertiary alicyclic amines) is 1. The molecule has 0 saturated carbocycles. The lowest BCUT2D eigenvalue weighted by atomic mass is 10.1. The van der Waals surface area contributed by atoms with Crippen molar-refractivity contribution in [2.24, 2.45) is 0 Å². The van der Waals surface area contributed by atoms with E-state index in [1.165, 1.54) is 17.0 Å². The molecule has 2 aromatic rings. The standard InChI is InChI=1S/C22H28N4O2S/c1-16-15-17(25-12-10-24(2)11-13-25)7-8-18(16)23-21(27)19-5-3-9-26(19)22(28)20-6-4-14-29-20/h4,6-8,14-15,19H,3,5,9-13H2,1-2H3,(H,23,27). The van der Waals surface area contributed by atoms with E-state index < -0.39 is 6.04 Å². The first-order valence-corrected chi connectivity index (χ1v) is 11.1. The number of likely N-dealkylation sites (N-methyl/N-ethyl adjacent to an activating group) is 1. The van der Waals surface area contributed by atoms with Crippen molar-refractivity contribution < 1.29 is 9.59 Å². The molecule has 2 aliphatic rings. The number of nitrogens with one attached hydrogen (secondary N) is 1. The van der Waals surface area contributed by atoms with Crippen molar-refractivity contribution >= 4 is 34.5 Å². The molecule has 1 aromatic heterocycles. The molecular formula is C22H28N4O2S. The molecule has 0 bridgehead atoms. The minimum absolute atomic E-state index is 0.0419. The second-order valence-electron chi connectivity index (χ2n) is 7.91. The maximum atomic E-state index is 13.0. The lowest BCUT2D eigenvalue weighted by Gasteiger charge is -2.34. The second-order valence-corrected chi connectivity index (χ2v) is 8.86. The second kappa shape index (κ2) is 8.55.